The Bertz CT molecular complexity index is 817. The van der Waals surface area contributed by atoms with Crippen molar-refractivity contribution in [1.82, 2.24) is 15.6 Å². The molecule has 1 aliphatic rings. The number of pyridine rings is 1. The molecule has 0 unspecified atom stereocenters. The number of aromatic nitrogens is 1. The highest BCUT2D eigenvalue weighted by Crippen LogP contribution is 2.20. The number of aliphatic imine (C=N–C) groups is 1. The molecule has 1 aromatic heterocycles. The van der Waals surface area contributed by atoms with Crippen LogP contribution in [0.4, 0.5) is 4.39 Å². The van der Waals surface area contributed by atoms with Crippen molar-refractivity contribution < 1.29 is 18.6 Å². The van der Waals surface area contributed by atoms with E-state index < -0.39 is 0 Å². The summed E-state index contributed by atoms with van der Waals surface area (Å²) >= 11 is 0. The van der Waals surface area contributed by atoms with Crippen LogP contribution in [0.1, 0.15) is 24.8 Å². The van der Waals surface area contributed by atoms with Gasteiger partial charge < -0.3 is 24.8 Å². The molecule has 0 saturated carbocycles. The zero-order chi connectivity index (χ0) is 21.7. The zero-order valence-electron chi connectivity index (χ0n) is 18.4. The Morgan fingerprint density at radius 3 is 2.72 bits per heavy atom. The molecule has 2 N–H and O–H groups in total. The fourth-order valence-corrected chi connectivity index (χ4v) is 3.19. The lowest BCUT2D eigenvalue weighted by atomic mass is 10.0. The number of hydrogen-bond acceptors (Lipinski definition) is 5. The molecule has 0 spiro atoms. The first-order chi connectivity index (χ1) is 15.2. The van der Waals surface area contributed by atoms with Crippen LogP contribution >= 0.6 is 24.0 Å². The van der Waals surface area contributed by atoms with Gasteiger partial charge in [0.25, 0.3) is 0 Å². The maximum atomic E-state index is 13.0. The Labute approximate surface area is 206 Å². The minimum absolute atomic E-state index is 0. The van der Waals surface area contributed by atoms with Gasteiger partial charge >= 0.3 is 0 Å². The standard InChI is InChI=1S/C23H31FN4O3.HI/c1-25-23(27-10-2-12-30-17-18-8-13-29-14-9-18)28-16-19-7-11-26-22(15-19)31-21-5-3-20(24)4-6-21;/h3-7,11,15,18H,2,8-10,12-14,16-17H2,1H3,(H2,25,27,28);1H. The molecular formula is C23H32FIN4O3. The number of halogens is 2. The van der Waals surface area contributed by atoms with Gasteiger partial charge in [-0.1, -0.05) is 0 Å². The molecule has 1 aliphatic heterocycles. The number of rotatable bonds is 10. The Hall–Kier alpha value is -1.98. The SMILES string of the molecule is CN=C(NCCCOCC1CCOCC1)NCc1ccnc(Oc2ccc(F)cc2)c1.I. The quantitative estimate of drug-likeness (QED) is 0.198. The topological polar surface area (TPSA) is 77.0 Å². The van der Waals surface area contributed by atoms with Crippen molar-refractivity contribution in [3.05, 3.63) is 54.0 Å². The highest BCUT2D eigenvalue weighted by atomic mass is 127. The van der Waals surface area contributed by atoms with Crippen molar-refractivity contribution in [1.29, 1.82) is 0 Å². The van der Waals surface area contributed by atoms with E-state index in [1.807, 2.05) is 12.1 Å². The summed E-state index contributed by atoms with van der Waals surface area (Å²) in [5.74, 6) is 2.05. The Kier molecular flexibility index (Phi) is 12.3. The molecular weight excluding hydrogens is 526 g/mol. The lowest BCUT2D eigenvalue weighted by Crippen LogP contribution is -2.37. The van der Waals surface area contributed by atoms with Crippen LogP contribution in [0.15, 0.2) is 47.6 Å². The van der Waals surface area contributed by atoms with Crippen LogP contribution in [0.5, 0.6) is 11.6 Å². The average Bonchev–Trinajstić information content (AvgIpc) is 2.80. The number of guanidine groups is 1. The van der Waals surface area contributed by atoms with Gasteiger partial charge in [-0.15, -0.1) is 24.0 Å². The predicted octanol–water partition coefficient (Wildman–Crippen LogP) is 4.13. The molecule has 0 aliphatic carbocycles. The van der Waals surface area contributed by atoms with Crippen LogP contribution in [0.2, 0.25) is 0 Å². The third-order valence-corrected chi connectivity index (χ3v) is 4.97. The summed E-state index contributed by atoms with van der Waals surface area (Å²) in [5, 5.41) is 6.57. The average molecular weight is 558 g/mol. The number of hydrogen-bond donors (Lipinski definition) is 2. The minimum atomic E-state index is -0.303. The molecule has 7 nitrogen and oxygen atoms in total. The molecule has 0 bridgehead atoms. The normalized spacial score (nSPS) is 14.5. The Balaban J connectivity index is 0.00000363. The van der Waals surface area contributed by atoms with E-state index in [1.54, 1.807) is 25.4 Å². The van der Waals surface area contributed by atoms with E-state index >= 15 is 0 Å². The maximum Gasteiger partial charge on any atom is 0.219 e. The molecule has 1 aromatic carbocycles. The molecule has 1 fully saturated rings. The molecule has 1 saturated heterocycles. The molecule has 2 heterocycles. The lowest BCUT2D eigenvalue weighted by Gasteiger charge is -2.21. The fraction of sp³-hybridized carbons (Fsp3) is 0.478. The maximum absolute atomic E-state index is 13.0. The van der Waals surface area contributed by atoms with Crippen LogP contribution in [0.25, 0.3) is 0 Å². The summed E-state index contributed by atoms with van der Waals surface area (Å²) in [5.41, 5.74) is 0.995. The second-order valence-electron chi connectivity index (χ2n) is 7.40. The van der Waals surface area contributed by atoms with Crippen LogP contribution in [-0.4, -0.2) is 51.0 Å². The van der Waals surface area contributed by atoms with E-state index in [4.69, 9.17) is 14.2 Å². The smallest absolute Gasteiger partial charge is 0.219 e. The fourth-order valence-electron chi connectivity index (χ4n) is 3.19. The van der Waals surface area contributed by atoms with Gasteiger partial charge in [-0.2, -0.15) is 0 Å². The van der Waals surface area contributed by atoms with Crippen LogP contribution in [-0.2, 0) is 16.0 Å². The van der Waals surface area contributed by atoms with E-state index in [9.17, 15) is 4.39 Å². The Morgan fingerprint density at radius 1 is 1.19 bits per heavy atom. The first-order valence-electron chi connectivity index (χ1n) is 10.7. The molecule has 2 aromatic rings. The van der Waals surface area contributed by atoms with E-state index in [0.717, 1.165) is 63.8 Å². The second-order valence-corrected chi connectivity index (χ2v) is 7.40. The van der Waals surface area contributed by atoms with E-state index in [2.05, 4.69) is 20.6 Å². The van der Waals surface area contributed by atoms with Gasteiger partial charge in [0.15, 0.2) is 5.96 Å². The van der Waals surface area contributed by atoms with Crippen LogP contribution < -0.4 is 15.4 Å². The molecule has 0 amide bonds. The highest BCUT2D eigenvalue weighted by Gasteiger charge is 2.13. The summed E-state index contributed by atoms with van der Waals surface area (Å²) in [7, 11) is 1.74. The molecule has 9 heteroatoms. The van der Waals surface area contributed by atoms with E-state index in [0.29, 0.717) is 24.1 Å². The monoisotopic (exact) mass is 558 g/mol. The number of nitrogens with zero attached hydrogens (tertiary/aromatic N) is 2. The predicted molar refractivity (Wildman–Crippen MR) is 133 cm³/mol. The van der Waals surface area contributed by atoms with Gasteiger partial charge in [0.05, 0.1) is 0 Å². The Morgan fingerprint density at radius 2 is 1.97 bits per heavy atom. The molecule has 0 radical (unpaired) electrons. The molecule has 176 valence electrons. The van der Waals surface area contributed by atoms with Crippen molar-refractivity contribution in [2.75, 3.05) is 40.0 Å². The zero-order valence-corrected chi connectivity index (χ0v) is 20.7. The van der Waals surface area contributed by atoms with Gasteiger partial charge in [0, 0.05) is 58.8 Å². The lowest BCUT2D eigenvalue weighted by molar-refractivity contribution is 0.0203. The van der Waals surface area contributed by atoms with Gasteiger partial charge in [-0.05, 0) is 61.1 Å². The number of benzene rings is 1. The van der Waals surface area contributed by atoms with Crippen LogP contribution in [0, 0.1) is 11.7 Å². The van der Waals surface area contributed by atoms with Crippen molar-refractivity contribution in [3.63, 3.8) is 0 Å². The van der Waals surface area contributed by atoms with Gasteiger partial charge in [-0.25, -0.2) is 9.37 Å². The van der Waals surface area contributed by atoms with Gasteiger partial charge in [-0.3, -0.25) is 4.99 Å². The second kappa shape index (κ2) is 15.0. The van der Waals surface area contributed by atoms with E-state index in [1.165, 1.54) is 12.1 Å². The van der Waals surface area contributed by atoms with Gasteiger partial charge in [0.1, 0.15) is 11.6 Å². The van der Waals surface area contributed by atoms with Crippen molar-refractivity contribution in [2.24, 2.45) is 10.9 Å². The minimum Gasteiger partial charge on any atom is -0.439 e. The van der Waals surface area contributed by atoms with Crippen molar-refractivity contribution >= 4 is 29.9 Å². The first-order valence-corrected chi connectivity index (χ1v) is 10.7. The van der Waals surface area contributed by atoms with Crippen LogP contribution in [0.3, 0.4) is 0 Å². The summed E-state index contributed by atoms with van der Waals surface area (Å²) in [6.07, 6.45) is 4.79. The van der Waals surface area contributed by atoms with E-state index in [-0.39, 0.29) is 29.8 Å². The molecule has 32 heavy (non-hydrogen) atoms. The first kappa shape index (κ1) is 26.3. The van der Waals surface area contributed by atoms with Crippen molar-refractivity contribution in [2.45, 2.75) is 25.8 Å². The molecule has 3 rings (SSSR count). The summed E-state index contributed by atoms with van der Waals surface area (Å²) in [6.45, 7) is 4.62. The largest absolute Gasteiger partial charge is 0.439 e. The highest BCUT2D eigenvalue weighted by molar-refractivity contribution is 14.0. The number of ether oxygens (including phenoxy) is 3. The number of nitrogens with one attached hydrogen (secondary N) is 2. The third-order valence-electron chi connectivity index (χ3n) is 4.97. The molecule has 0 atom stereocenters. The van der Waals surface area contributed by atoms with Gasteiger partial charge in [0.2, 0.25) is 5.88 Å². The summed E-state index contributed by atoms with van der Waals surface area (Å²) < 4.78 is 29.9. The van der Waals surface area contributed by atoms with Crippen molar-refractivity contribution in [3.8, 4) is 11.6 Å². The summed E-state index contributed by atoms with van der Waals surface area (Å²) in [6, 6.07) is 9.59. The summed E-state index contributed by atoms with van der Waals surface area (Å²) in [4.78, 5) is 8.46. The third kappa shape index (κ3) is 9.66.